The molecule has 8 heteroatoms. The van der Waals surface area contributed by atoms with Gasteiger partial charge in [0, 0.05) is 43.3 Å². The predicted molar refractivity (Wildman–Crippen MR) is 120 cm³/mol. The number of ether oxygens (including phenoxy) is 1. The summed E-state index contributed by atoms with van der Waals surface area (Å²) in [5.41, 5.74) is 4.19. The standard InChI is InChI=1S/C24H21N5O3/c1-3-29-14-15-4-5-17(12-20(15)23(29)31)28(2)16-6-8-18(9-7-16)32-24-26-21-13-25-11-10-19(21)22(30)27-24/h4-13H,3,14H2,1-2H3,(H,26,27,30). The fourth-order valence-electron chi connectivity index (χ4n) is 3.79. The molecule has 32 heavy (non-hydrogen) atoms. The number of nitrogens with zero attached hydrogens (tertiary/aromatic N) is 5. The highest BCUT2D eigenvalue weighted by molar-refractivity contribution is 5.99. The van der Waals surface area contributed by atoms with E-state index in [1.165, 1.54) is 0 Å². The first kappa shape index (κ1) is 19.7. The summed E-state index contributed by atoms with van der Waals surface area (Å²) in [4.78, 5) is 28.7. The van der Waals surface area contributed by atoms with Crippen molar-refractivity contribution in [3.05, 3.63) is 72.1 Å². The van der Waals surface area contributed by atoms with Crippen LogP contribution >= 0.6 is 0 Å². The second-order valence-corrected chi connectivity index (χ2v) is 7.54. The average molecular weight is 427 g/mol. The van der Waals surface area contributed by atoms with Gasteiger partial charge in [-0.05, 0) is 55.0 Å². The molecule has 1 N–H and O–H groups in total. The van der Waals surface area contributed by atoms with Crippen LogP contribution in [0, 0.1) is 0 Å². The van der Waals surface area contributed by atoms with Crippen LogP contribution in [-0.2, 0) is 6.54 Å². The van der Waals surface area contributed by atoms with E-state index in [-0.39, 0.29) is 17.8 Å². The first-order chi connectivity index (χ1) is 15.5. The lowest BCUT2D eigenvalue weighted by molar-refractivity contribution is 0.0787. The van der Waals surface area contributed by atoms with Crippen LogP contribution in [0.4, 0.5) is 11.4 Å². The van der Waals surface area contributed by atoms with Gasteiger partial charge in [-0.25, -0.2) is 0 Å². The summed E-state index contributed by atoms with van der Waals surface area (Å²) >= 11 is 0. The Kier molecular flexibility index (Phi) is 4.82. The predicted octanol–water partition coefficient (Wildman–Crippen LogP) is 4.27. The maximum atomic E-state index is 12.5. The maximum Gasteiger partial charge on any atom is 0.325 e. The van der Waals surface area contributed by atoms with Crippen molar-refractivity contribution in [1.29, 1.82) is 0 Å². The zero-order valence-electron chi connectivity index (χ0n) is 17.7. The number of pyridine rings is 1. The fraction of sp³-hybridized carbons (Fsp3) is 0.167. The Bertz CT molecular complexity index is 1320. The summed E-state index contributed by atoms with van der Waals surface area (Å²) in [6, 6.07) is 15.1. The highest BCUT2D eigenvalue weighted by Gasteiger charge is 2.26. The third-order valence-corrected chi connectivity index (χ3v) is 5.63. The molecule has 3 heterocycles. The Morgan fingerprint density at radius 2 is 1.88 bits per heavy atom. The lowest BCUT2D eigenvalue weighted by Crippen LogP contribution is -2.23. The highest BCUT2D eigenvalue weighted by Crippen LogP contribution is 2.32. The Hall–Kier alpha value is -4.20. The molecular weight excluding hydrogens is 406 g/mol. The molecule has 0 unspecified atom stereocenters. The first-order valence-corrected chi connectivity index (χ1v) is 10.3. The molecule has 0 bridgehead atoms. The highest BCUT2D eigenvalue weighted by atomic mass is 16.5. The van der Waals surface area contributed by atoms with Crippen molar-refractivity contribution < 1.29 is 14.6 Å². The second kappa shape index (κ2) is 7.81. The van der Waals surface area contributed by atoms with Crippen molar-refractivity contribution in [2.24, 2.45) is 0 Å². The lowest BCUT2D eigenvalue weighted by atomic mass is 10.1. The van der Waals surface area contributed by atoms with Crippen LogP contribution in [0.5, 0.6) is 17.6 Å². The summed E-state index contributed by atoms with van der Waals surface area (Å²) < 4.78 is 5.73. The van der Waals surface area contributed by atoms with Gasteiger partial charge in [-0.1, -0.05) is 6.07 Å². The van der Waals surface area contributed by atoms with E-state index in [2.05, 4.69) is 15.0 Å². The number of hydrogen-bond donors (Lipinski definition) is 1. The number of aromatic nitrogens is 3. The van der Waals surface area contributed by atoms with Crippen LogP contribution in [0.3, 0.4) is 0 Å². The van der Waals surface area contributed by atoms with Crippen molar-refractivity contribution in [1.82, 2.24) is 19.9 Å². The Morgan fingerprint density at radius 1 is 1.09 bits per heavy atom. The number of rotatable bonds is 5. The topological polar surface area (TPSA) is 91.7 Å². The van der Waals surface area contributed by atoms with Gasteiger partial charge in [0.25, 0.3) is 5.91 Å². The van der Waals surface area contributed by atoms with Crippen LogP contribution in [0.2, 0.25) is 0 Å². The van der Waals surface area contributed by atoms with E-state index in [9.17, 15) is 9.90 Å². The molecule has 0 saturated heterocycles. The number of amides is 1. The molecule has 0 saturated carbocycles. The van der Waals surface area contributed by atoms with Crippen LogP contribution < -0.4 is 9.64 Å². The zero-order valence-corrected chi connectivity index (χ0v) is 17.7. The second-order valence-electron chi connectivity index (χ2n) is 7.54. The van der Waals surface area contributed by atoms with Crippen molar-refractivity contribution in [2.75, 3.05) is 18.5 Å². The Morgan fingerprint density at radius 3 is 2.66 bits per heavy atom. The molecular formula is C24H21N5O3. The molecule has 1 aliphatic heterocycles. The molecule has 1 aliphatic rings. The molecule has 0 atom stereocenters. The molecule has 160 valence electrons. The molecule has 0 fully saturated rings. The van der Waals surface area contributed by atoms with E-state index in [4.69, 9.17) is 4.74 Å². The number of anilines is 2. The average Bonchev–Trinajstić information content (AvgIpc) is 3.14. The third-order valence-electron chi connectivity index (χ3n) is 5.63. The zero-order chi connectivity index (χ0) is 22.2. The van der Waals surface area contributed by atoms with Gasteiger partial charge in [-0.3, -0.25) is 9.78 Å². The van der Waals surface area contributed by atoms with Gasteiger partial charge < -0.3 is 19.6 Å². The van der Waals surface area contributed by atoms with E-state index in [1.54, 1.807) is 30.6 Å². The molecule has 1 amide bonds. The Labute approximate surface area is 184 Å². The van der Waals surface area contributed by atoms with Gasteiger partial charge in [-0.2, -0.15) is 9.97 Å². The van der Waals surface area contributed by atoms with Crippen molar-refractivity contribution in [3.8, 4) is 17.6 Å². The van der Waals surface area contributed by atoms with Gasteiger partial charge in [0.15, 0.2) is 0 Å². The van der Waals surface area contributed by atoms with Crippen molar-refractivity contribution in [3.63, 3.8) is 0 Å². The van der Waals surface area contributed by atoms with E-state index in [0.717, 1.165) is 22.5 Å². The molecule has 0 radical (unpaired) electrons. The molecule has 2 aromatic carbocycles. The minimum Gasteiger partial charge on any atom is -0.493 e. The van der Waals surface area contributed by atoms with Crippen LogP contribution in [0.1, 0.15) is 22.8 Å². The molecule has 8 nitrogen and oxygen atoms in total. The quantitative estimate of drug-likeness (QED) is 0.509. The molecule has 4 aromatic rings. The largest absolute Gasteiger partial charge is 0.493 e. The SMILES string of the molecule is CCN1Cc2ccc(N(C)c3ccc(Oc4nc(O)c5ccncc5n4)cc3)cc2C1=O. The van der Waals surface area contributed by atoms with Crippen LogP contribution in [0.15, 0.2) is 60.9 Å². The summed E-state index contributed by atoms with van der Waals surface area (Å²) in [6.45, 7) is 3.36. The minimum absolute atomic E-state index is 0.0433. The van der Waals surface area contributed by atoms with Gasteiger partial charge in [0.2, 0.25) is 5.88 Å². The van der Waals surface area contributed by atoms with E-state index in [0.29, 0.717) is 29.7 Å². The summed E-state index contributed by atoms with van der Waals surface area (Å²) in [5.74, 6) is 0.458. The first-order valence-electron chi connectivity index (χ1n) is 10.3. The summed E-state index contributed by atoms with van der Waals surface area (Å²) in [5, 5.41) is 10.6. The lowest BCUT2D eigenvalue weighted by Gasteiger charge is -2.20. The number of aromatic hydroxyl groups is 1. The maximum absolute atomic E-state index is 12.5. The number of hydrogen-bond acceptors (Lipinski definition) is 7. The number of fused-ring (bicyclic) bond motifs is 2. The van der Waals surface area contributed by atoms with E-state index < -0.39 is 0 Å². The number of carbonyl (C=O) groups excluding carboxylic acids is 1. The molecule has 0 aliphatic carbocycles. The van der Waals surface area contributed by atoms with Gasteiger partial charge in [-0.15, -0.1) is 0 Å². The van der Waals surface area contributed by atoms with Gasteiger partial charge in [0.1, 0.15) is 5.75 Å². The summed E-state index contributed by atoms with van der Waals surface area (Å²) in [6.07, 6.45) is 3.11. The third kappa shape index (κ3) is 3.45. The van der Waals surface area contributed by atoms with Crippen LogP contribution in [-0.4, -0.2) is 44.5 Å². The molecule has 2 aromatic heterocycles. The van der Waals surface area contributed by atoms with E-state index in [1.807, 2.05) is 54.1 Å². The Balaban J connectivity index is 1.35. The van der Waals surface area contributed by atoms with Crippen molar-refractivity contribution >= 4 is 28.2 Å². The fourth-order valence-corrected chi connectivity index (χ4v) is 3.79. The molecule has 0 spiro atoms. The van der Waals surface area contributed by atoms with Crippen LogP contribution in [0.25, 0.3) is 10.9 Å². The number of carbonyl (C=O) groups is 1. The van der Waals surface area contributed by atoms with Crippen molar-refractivity contribution in [2.45, 2.75) is 13.5 Å². The van der Waals surface area contributed by atoms with Gasteiger partial charge in [0.05, 0.1) is 17.1 Å². The van der Waals surface area contributed by atoms with Gasteiger partial charge >= 0.3 is 6.01 Å². The minimum atomic E-state index is -0.156. The monoisotopic (exact) mass is 427 g/mol. The van der Waals surface area contributed by atoms with E-state index >= 15 is 0 Å². The molecule has 5 rings (SSSR count). The normalized spacial score (nSPS) is 12.8. The smallest absolute Gasteiger partial charge is 0.325 e. The number of benzene rings is 2. The summed E-state index contributed by atoms with van der Waals surface area (Å²) in [7, 11) is 1.95.